The Morgan fingerprint density at radius 2 is 2.00 bits per heavy atom. The van der Waals surface area contributed by atoms with Crippen molar-refractivity contribution in [3.8, 4) is 5.75 Å². The lowest BCUT2D eigenvalue weighted by Crippen LogP contribution is -2.33. The second-order valence-electron chi connectivity index (χ2n) is 6.37. The first-order valence-corrected chi connectivity index (χ1v) is 8.05. The second-order valence-corrected chi connectivity index (χ2v) is 6.37. The van der Waals surface area contributed by atoms with Crippen molar-refractivity contribution >= 4 is 18.3 Å². The molecule has 1 aromatic rings. The Kier molecular flexibility index (Phi) is 6.25. The molecule has 1 aromatic carbocycles. The maximum absolute atomic E-state index is 12.8. The third-order valence-electron chi connectivity index (χ3n) is 4.88. The molecule has 6 heteroatoms. The highest BCUT2D eigenvalue weighted by Crippen LogP contribution is 2.37. The molecule has 3 unspecified atom stereocenters. The van der Waals surface area contributed by atoms with Crippen LogP contribution in [-0.2, 0) is 4.79 Å². The fourth-order valence-electron chi connectivity index (χ4n) is 3.61. The molecule has 1 aliphatic carbocycles. The van der Waals surface area contributed by atoms with Gasteiger partial charge in [0.15, 0.2) is 0 Å². The highest BCUT2D eigenvalue weighted by atomic mass is 35.5. The van der Waals surface area contributed by atoms with Crippen molar-refractivity contribution < 1.29 is 13.9 Å². The molecule has 1 saturated carbocycles. The van der Waals surface area contributed by atoms with E-state index < -0.39 is 0 Å². The molecule has 1 amide bonds. The molecule has 23 heavy (non-hydrogen) atoms. The van der Waals surface area contributed by atoms with Crippen LogP contribution in [0.2, 0.25) is 0 Å². The normalized spacial score (nSPS) is 25.8. The summed E-state index contributed by atoms with van der Waals surface area (Å²) in [7, 11) is 0. The van der Waals surface area contributed by atoms with E-state index in [0.717, 1.165) is 25.9 Å². The van der Waals surface area contributed by atoms with E-state index in [-0.39, 0.29) is 30.2 Å². The van der Waals surface area contributed by atoms with Gasteiger partial charge >= 0.3 is 0 Å². The van der Waals surface area contributed by atoms with Gasteiger partial charge in [0.2, 0.25) is 5.91 Å². The fraction of sp³-hybridized carbons (Fsp3) is 0.588. The second kappa shape index (κ2) is 7.97. The standard InChI is InChI=1S/C17H23FN2O2.ClH/c18-13-4-6-14(7-5-13)22-9-1-2-17(21)20-10-12-3-8-16(19)15(12)11-20;/h4-7,12,15-16H,1-3,8-11,19H2;1H. The molecule has 1 heterocycles. The van der Waals surface area contributed by atoms with Crippen LogP contribution in [0.15, 0.2) is 24.3 Å². The summed E-state index contributed by atoms with van der Waals surface area (Å²) in [6.07, 6.45) is 3.43. The van der Waals surface area contributed by atoms with Gasteiger partial charge in [0.25, 0.3) is 0 Å². The number of nitrogens with two attached hydrogens (primary N) is 1. The van der Waals surface area contributed by atoms with E-state index in [0.29, 0.717) is 37.0 Å². The number of carbonyl (C=O) groups is 1. The number of rotatable bonds is 5. The lowest BCUT2D eigenvalue weighted by atomic mass is 9.98. The van der Waals surface area contributed by atoms with Crippen LogP contribution in [0.1, 0.15) is 25.7 Å². The first-order chi connectivity index (χ1) is 10.6. The molecule has 2 fully saturated rings. The average Bonchev–Trinajstić information content (AvgIpc) is 3.08. The predicted octanol–water partition coefficient (Wildman–Crippen LogP) is 2.60. The summed E-state index contributed by atoms with van der Waals surface area (Å²) in [4.78, 5) is 14.2. The molecule has 1 saturated heterocycles. The van der Waals surface area contributed by atoms with Gasteiger partial charge in [-0.1, -0.05) is 0 Å². The lowest BCUT2D eigenvalue weighted by molar-refractivity contribution is -0.130. The van der Waals surface area contributed by atoms with Gasteiger partial charge in [-0.25, -0.2) is 4.39 Å². The average molecular weight is 343 g/mol. The predicted molar refractivity (Wildman–Crippen MR) is 89.1 cm³/mol. The Hall–Kier alpha value is -1.33. The van der Waals surface area contributed by atoms with Crippen LogP contribution in [-0.4, -0.2) is 36.5 Å². The Balaban J connectivity index is 0.00000192. The van der Waals surface area contributed by atoms with Crippen molar-refractivity contribution in [3.05, 3.63) is 30.1 Å². The summed E-state index contributed by atoms with van der Waals surface area (Å²) in [5.74, 6) is 1.66. The topological polar surface area (TPSA) is 55.6 Å². The summed E-state index contributed by atoms with van der Waals surface area (Å²) in [5.41, 5.74) is 6.09. The van der Waals surface area contributed by atoms with E-state index in [2.05, 4.69) is 0 Å². The number of amides is 1. The summed E-state index contributed by atoms with van der Waals surface area (Å²) in [5, 5.41) is 0. The van der Waals surface area contributed by atoms with Crippen molar-refractivity contribution in [2.75, 3.05) is 19.7 Å². The highest BCUT2D eigenvalue weighted by Gasteiger charge is 2.42. The largest absolute Gasteiger partial charge is 0.494 e. The minimum Gasteiger partial charge on any atom is -0.494 e. The monoisotopic (exact) mass is 342 g/mol. The quantitative estimate of drug-likeness (QED) is 0.837. The van der Waals surface area contributed by atoms with Crippen molar-refractivity contribution in [1.29, 1.82) is 0 Å². The van der Waals surface area contributed by atoms with Gasteiger partial charge in [-0.2, -0.15) is 0 Å². The van der Waals surface area contributed by atoms with E-state index in [1.807, 2.05) is 4.90 Å². The van der Waals surface area contributed by atoms with Crippen LogP contribution in [0.5, 0.6) is 5.75 Å². The summed E-state index contributed by atoms with van der Waals surface area (Å²) in [6, 6.07) is 6.20. The Labute approximate surface area is 142 Å². The van der Waals surface area contributed by atoms with Crippen molar-refractivity contribution in [3.63, 3.8) is 0 Å². The third-order valence-corrected chi connectivity index (χ3v) is 4.88. The summed E-state index contributed by atoms with van der Waals surface area (Å²) < 4.78 is 18.3. The number of ether oxygens (including phenoxy) is 1. The van der Waals surface area contributed by atoms with E-state index >= 15 is 0 Å². The van der Waals surface area contributed by atoms with Crippen LogP contribution >= 0.6 is 12.4 Å². The molecule has 3 atom stereocenters. The maximum Gasteiger partial charge on any atom is 0.222 e. The Morgan fingerprint density at radius 1 is 1.26 bits per heavy atom. The lowest BCUT2D eigenvalue weighted by Gasteiger charge is -2.18. The van der Waals surface area contributed by atoms with Crippen molar-refractivity contribution in [1.82, 2.24) is 4.90 Å². The van der Waals surface area contributed by atoms with Crippen molar-refractivity contribution in [2.45, 2.75) is 31.7 Å². The van der Waals surface area contributed by atoms with Crippen LogP contribution in [0.3, 0.4) is 0 Å². The molecule has 0 bridgehead atoms. The van der Waals surface area contributed by atoms with E-state index in [1.165, 1.54) is 12.1 Å². The highest BCUT2D eigenvalue weighted by molar-refractivity contribution is 5.85. The summed E-state index contributed by atoms with van der Waals surface area (Å²) >= 11 is 0. The van der Waals surface area contributed by atoms with Gasteiger partial charge in [-0.15, -0.1) is 12.4 Å². The first kappa shape index (κ1) is 18.0. The molecular formula is C17H24ClFN2O2. The van der Waals surface area contributed by atoms with Crippen molar-refractivity contribution in [2.24, 2.45) is 17.6 Å². The van der Waals surface area contributed by atoms with Crippen LogP contribution < -0.4 is 10.5 Å². The van der Waals surface area contributed by atoms with Gasteiger partial charge in [0, 0.05) is 25.6 Å². The minimum atomic E-state index is -0.277. The number of benzene rings is 1. The van der Waals surface area contributed by atoms with E-state index in [1.54, 1.807) is 12.1 Å². The van der Waals surface area contributed by atoms with Gasteiger partial charge in [0.05, 0.1) is 6.61 Å². The smallest absolute Gasteiger partial charge is 0.222 e. The molecule has 2 N–H and O–H groups in total. The maximum atomic E-state index is 12.8. The molecule has 4 nitrogen and oxygen atoms in total. The number of fused-ring (bicyclic) bond motifs is 1. The van der Waals surface area contributed by atoms with Crippen LogP contribution in [0.25, 0.3) is 0 Å². The molecular weight excluding hydrogens is 319 g/mol. The first-order valence-electron chi connectivity index (χ1n) is 8.05. The van der Waals surface area contributed by atoms with E-state index in [9.17, 15) is 9.18 Å². The summed E-state index contributed by atoms with van der Waals surface area (Å²) in [6.45, 7) is 2.16. The zero-order valence-corrected chi connectivity index (χ0v) is 13.9. The molecule has 0 aromatic heterocycles. The molecule has 0 spiro atoms. The van der Waals surface area contributed by atoms with E-state index in [4.69, 9.17) is 10.5 Å². The number of hydrogen-bond acceptors (Lipinski definition) is 3. The van der Waals surface area contributed by atoms with Crippen LogP contribution in [0, 0.1) is 17.7 Å². The zero-order valence-electron chi connectivity index (χ0n) is 13.1. The number of hydrogen-bond donors (Lipinski definition) is 1. The van der Waals surface area contributed by atoms with Crippen LogP contribution in [0.4, 0.5) is 4.39 Å². The minimum absolute atomic E-state index is 0. The fourth-order valence-corrected chi connectivity index (χ4v) is 3.61. The third kappa shape index (κ3) is 4.36. The number of likely N-dealkylation sites (tertiary alicyclic amines) is 1. The Bertz CT molecular complexity index is 526. The number of carbonyl (C=O) groups excluding carboxylic acids is 1. The van der Waals surface area contributed by atoms with Gasteiger partial charge in [-0.05, 0) is 55.4 Å². The SMILES string of the molecule is Cl.NC1CCC2CN(C(=O)CCCOc3ccc(F)cc3)CC12. The van der Waals surface area contributed by atoms with Gasteiger partial charge in [0.1, 0.15) is 11.6 Å². The molecule has 128 valence electrons. The molecule has 3 rings (SSSR count). The Morgan fingerprint density at radius 3 is 2.70 bits per heavy atom. The van der Waals surface area contributed by atoms with Gasteiger partial charge < -0.3 is 15.4 Å². The number of nitrogens with zero attached hydrogens (tertiary/aromatic N) is 1. The van der Waals surface area contributed by atoms with Gasteiger partial charge in [-0.3, -0.25) is 4.79 Å². The molecule has 1 aliphatic heterocycles. The zero-order chi connectivity index (χ0) is 15.5. The number of halogens is 2. The molecule has 2 aliphatic rings. The molecule has 0 radical (unpaired) electrons.